The van der Waals surface area contributed by atoms with Crippen LogP contribution in [0.2, 0.25) is 0 Å². The summed E-state index contributed by atoms with van der Waals surface area (Å²) < 4.78 is 37.5. The van der Waals surface area contributed by atoms with Gasteiger partial charge in [-0.05, 0) is 30.7 Å². The van der Waals surface area contributed by atoms with E-state index < -0.39 is 17.7 Å². The highest BCUT2D eigenvalue weighted by atomic mass is 19.1. The second-order valence-electron chi connectivity index (χ2n) is 4.68. The molecule has 0 spiro atoms. The van der Waals surface area contributed by atoms with Gasteiger partial charge in [-0.3, -0.25) is 0 Å². The first-order valence-corrected chi connectivity index (χ1v) is 6.54. The largest absolute Gasteiger partial charge is 0.467 e. The molecule has 0 saturated carbocycles. The average Bonchev–Trinajstić information content (AvgIpc) is 2.96. The molecule has 0 aliphatic heterocycles. The topological polar surface area (TPSA) is 54.6 Å². The van der Waals surface area contributed by atoms with Crippen LogP contribution >= 0.6 is 0 Å². The van der Waals surface area contributed by atoms with E-state index in [1.54, 1.807) is 19.1 Å². The van der Waals surface area contributed by atoms with Crippen molar-refractivity contribution in [1.29, 1.82) is 0 Å². The van der Waals surface area contributed by atoms with Gasteiger partial charge in [-0.2, -0.15) is 0 Å². The van der Waals surface area contributed by atoms with E-state index >= 15 is 0 Å². The zero-order chi connectivity index (χ0) is 15.2. The van der Waals surface area contributed by atoms with E-state index in [0.717, 1.165) is 0 Å². The summed E-state index contributed by atoms with van der Waals surface area (Å²) in [5.41, 5.74) is 0.0996. The number of furan rings is 1. The Labute approximate surface area is 121 Å². The lowest BCUT2D eigenvalue weighted by Gasteiger charge is -2.14. The minimum Gasteiger partial charge on any atom is -0.467 e. The van der Waals surface area contributed by atoms with E-state index in [-0.39, 0.29) is 25.4 Å². The van der Waals surface area contributed by atoms with Gasteiger partial charge in [-0.1, -0.05) is 6.07 Å². The molecule has 2 aromatic rings. The molecular weight excluding hydrogens is 280 g/mol. The van der Waals surface area contributed by atoms with Gasteiger partial charge in [-0.25, -0.2) is 8.78 Å². The lowest BCUT2D eigenvalue weighted by Crippen LogP contribution is -2.25. The van der Waals surface area contributed by atoms with Gasteiger partial charge in [0.1, 0.15) is 23.9 Å². The molecule has 0 aliphatic rings. The number of aliphatic hydroxyl groups is 1. The van der Waals surface area contributed by atoms with Crippen molar-refractivity contribution in [3.05, 3.63) is 53.5 Å². The summed E-state index contributed by atoms with van der Waals surface area (Å²) in [5.74, 6) is -0.702. The number of aryl methyl sites for hydroxylation is 1. The van der Waals surface area contributed by atoms with Crippen LogP contribution in [0.4, 0.5) is 14.5 Å². The predicted molar refractivity (Wildman–Crippen MR) is 74.0 cm³/mol. The summed E-state index contributed by atoms with van der Waals surface area (Å²) in [7, 11) is 0. The standard InChI is InChI=1S/C15H17F2NO3/c1-10-4-5-13(16)15(14(10)17)18-7-11(19)8-20-9-12-3-2-6-21-12/h2-6,11,18-19H,7-9H2,1H3. The summed E-state index contributed by atoms with van der Waals surface area (Å²) in [5, 5.41) is 12.3. The average molecular weight is 297 g/mol. The molecule has 0 saturated heterocycles. The Bertz CT molecular complexity index is 573. The third kappa shape index (κ3) is 4.27. The van der Waals surface area contributed by atoms with Crippen molar-refractivity contribution in [3.8, 4) is 0 Å². The monoisotopic (exact) mass is 297 g/mol. The Kier molecular flexibility index (Phi) is 5.30. The molecule has 1 atom stereocenters. The highest BCUT2D eigenvalue weighted by Gasteiger charge is 2.13. The van der Waals surface area contributed by atoms with Gasteiger partial charge < -0.3 is 19.6 Å². The van der Waals surface area contributed by atoms with Crippen LogP contribution in [0.25, 0.3) is 0 Å². The first-order valence-electron chi connectivity index (χ1n) is 6.54. The van der Waals surface area contributed by atoms with Crippen LogP contribution in [-0.4, -0.2) is 24.4 Å². The van der Waals surface area contributed by atoms with Crippen LogP contribution in [0.15, 0.2) is 34.9 Å². The Morgan fingerprint density at radius 1 is 1.33 bits per heavy atom. The van der Waals surface area contributed by atoms with Crippen molar-refractivity contribution in [2.45, 2.75) is 19.6 Å². The van der Waals surface area contributed by atoms with Gasteiger partial charge in [0.15, 0.2) is 5.82 Å². The van der Waals surface area contributed by atoms with Gasteiger partial charge in [0, 0.05) is 6.54 Å². The van der Waals surface area contributed by atoms with Crippen molar-refractivity contribution in [2.75, 3.05) is 18.5 Å². The second-order valence-corrected chi connectivity index (χ2v) is 4.68. The van der Waals surface area contributed by atoms with E-state index in [2.05, 4.69) is 5.32 Å². The molecule has 21 heavy (non-hydrogen) atoms. The maximum Gasteiger partial charge on any atom is 0.152 e. The summed E-state index contributed by atoms with van der Waals surface area (Å²) in [6.45, 7) is 1.79. The number of nitrogens with one attached hydrogen (secondary N) is 1. The van der Waals surface area contributed by atoms with Crippen LogP contribution in [-0.2, 0) is 11.3 Å². The lowest BCUT2D eigenvalue weighted by molar-refractivity contribution is 0.0282. The molecular formula is C15H17F2NO3. The molecule has 1 aromatic carbocycles. The number of benzene rings is 1. The predicted octanol–water partition coefficient (Wildman–Crippen LogP) is 2.86. The Balaban J connectivity index is 1.78. The number of rotatable bonds is 7. The molecule has 1 unspecified atom stereocenters. The molecule has 0 bridgehead atoms. The van der Waals surface area contributed by atoms with Crippen molar-refractivity contribution in [1.82, 2.24) is 0 Å². The fraction of sp³-hybridized carbons (Fsp3) is 0.333. The highest BCUT2D eigenvalue weighted by Crippen LogP contribution is 2.21. The fourth-order valence-corrected chi connectivity index (χ4v) is 1.79. The van der Waals surface area contributed by atoms with E-state index in [1.165, 1.54) is 18.4 Å². The number of aliphatic hydroxyl groups excluding tert-OH is 1. The molecule has 2 rings (SSSR count). The highest BCUT2D eigenvalue weighted by molar-refractivity contribution is 5.48. The maximum absolute atomic E-state index is 13.7. The van der Waals surface area contributed by atoms with Crippen LogP contribution in [0.5, 0.6) is 0 Å². The minimum absolute atomic E-state index is 0.0184. The SMILES string of the molecule is Cc1ccc(F)c(NCC(O)COCc2ccco2)c1F. The van der Waals surface area contributed by atoms with Gasteiger partial charge in [0.05, 0.1) is 19.0 Å². The van der Waals surface area contributed by atoms with Crippen molar-refractivity contribution in [3.63, 3.8) is 0 Å². The minimum atomic E-state index is -0.890. The van der Waals surface area contributed by atoms with E-state index in [0.29, 0.717) is 11.3 Å². The zero-order valence-corrected chi connectivity index (χ0v) is 11.6. The third-order valence-electron chi connectivity index (χ3n) is 2.93. The summed E-state index contributed by atoms with van der Waals surface area (Å²) in [6.07, 6.45) is 0.638. The fourth-order valence-electron chi connectivity index (χ4n) is 1.79. The molecule has 6 heteroatoms. The Hall–Kier alpha value is -1.92. The van der Waals surface area contributed by atoms with Crippen molar-refractivity contribution in [2.24, 2.45) is 0 Å². The molecule has 0 fully saturated rings. The normalized spacial score (nSPS) is 12.4. The van der Waals surface area contributed by atoms with Crippen molar-refractivity contribution < 1.29 is 23.0 Å². The summed E-state index contributed by atoms with van der Waals surface area (Å²) in [4.78, 5) is 0. The van der Waals surface area contributed by atoms with Crippen LogP contribution in [0.3, 0.4) is 0 Å². The first-order chi connectivity index (χ1) is 10.1. The molecule has 0 amide bonds. The second kappa shape index (κ2) is 7.19. The lowest BCUT2D eigenvalue weighted by atomic mass is 10.2. The maximum atomic E-state index is 13.7. The quantitative estimate of drug-likeness (QED) is 0.825. The summed E-state index contributed by atoms with van der Waals surface area (Å²) in [6, 6.07) is 6.03. The number of anilines is 1. The number of hydrogen-bond donors (Lipinski definition) is 2. The zero-order valence-electron chi connectivity index (χ0n) is 11.6. The molecule has 4 nitrogen and oxygen atoms in total. The Morgan fingerprint density at radius 3 is 2.86 bits per heavy atom. The van der Waals surface area contributed by atoms with Crippen LogP contribution in [0.1, 0.15) is 11.3 Å². The van der Waals surface area contributed by atoms with Crippen molar-refractivity contribution >= 4 is 5.69 Å². The first kappa shape index (κ1) is 15.5. The van der Waals surface area contributed by atoms with Gasteiger partial charge in [0.25, 0.3) is 0 Å². The van der Waals surface area contributed by atoms with E-state index in [4.69, 9.17) is 9.15 Å². The number of ether oxygens (including phenoxy) is 1. The number of halogens is 2. The van der Waals surface area contributed by atoms with E-state index in [9.17, 15) is 13.9 Å². The number of hydrogen-bond acceptors (Lipinski definition) is 4. The van der Waals surface area contributed by atoms with Crippen LogP contribution < -0.4 is 5.32 Å². The van der Waals surface area contributed by atoms with Gasteiger partial charge >= 0.3 is 0 Å². The van der Waals surface area contributed by atoms with Crippen LogP contribution in [0, 0.1) is 18.6 Å². The molecule has 114 valence electrons. The Morgan fingerprint density at radius 2 is 2.14 bits per heavy atom. The summed E-state index contributed by atoms with van der Waals surface area (Å²) >= 11 is 0. The van der Waals surface area contributed by atoms with E-state index in [1.807, 2.05) is 0 Å². The smallest absolute Gasteiger partial charge is 0.152 e. The molecule has 0 radical (unpaired) electrons. The molecule has 2 N–H and O–H groups in total. The molecule has 1 aromatic heterocycles. The third-order valence-corrected chi connectivity index (χ3v) is 2.93. The van der Waals surface area contributed by atoms with Gasteiger partial charge in [-0.15, -0.1) is 0 Å². The molecule has 1 heterocycles. The van der Waals surface area contributed by atoms with Gasteiger partial charge in [0.2, 0.25) is 0 Å². The molecule has 0 aliphatic carbocycles.